The molecule has 0 radical (unpaired) electrons. The monoisotopic (exact) mass is 273 g/mol. The van der Waals surface area contributed by atoms with Gasteiger partial charge in [0.2, 0.25) is 0 Å². The predicted octanol–water partition coefficient (Wildman–Crippen LogP) is 2.97. The van der Waals surface area contributed by atoms with Gasteiger partial charge in [-0.15, -0.1) is 5.10 Å². The van der Waals surface area contributed by atoms with E-state index in [0.29, 0.717) is 5.69 Å². The SMILES string of the molecule is FC(F)c1cnn(-c2ccc(Br)cc2)n1. The van der Waals surface area contributed by atoms with Gasteiger partial charge in [-0.05, 0) is 24.3 Å². The fourth-order valence-electron chi connectivity index (χ4n) is 1.07. The van der Waals surface area contributed by atoms with Crippen LogP contribution in [0.25, 0.3) is 5.69 Å². The first-order valence-corrected chi connectivity index (χ1v) is 4.92. The van der Waals surface area contributed by atoms with Crippen molar-refractivity contribution >= 4 is 15.9 Å². The third-order valence-corrected chi connectivity index (χ3v) is 2.32. The minimum absolute atomic E-state index is 0.321. The minimum Gasteiger partial charge on any atom is -0.203 e. The van der Waals surface area contributed by atoms with Gasteiger partial charge in [0.25, 0.3) is 6.43 Å². The maximum atomic E-state index is 12.2. The van der Waals surface area contributed by atoms with Gasteiger partial charge in [-0.2, -0.15) is 9.90 Å². The predicted molar refractivity (Wildman–Crippen MR) is 54.0 cm³/mol. The molecule has 0 unspecified atom stereocenters. The Morgan fingerprint density at radius 3 is 2.40 bits per heavy atom. The normalized spacial score (nSPS) is 10.9. The number of hydrogen-bond donors (Lipinski definition) is 0. The average molecular weight is 274 g/mol. The molecule has 0 saturated heterocycles. The highest BCUT2D eigenvalue weighted by Crippen LogP contribution is 2.17. The quantitative estimate of drug-likeness (QED) is 0.842. The maximum Gasteiger partial charge on any atom is 0.283 e. The summed E-state index contributed by atoms with van der Waals surface area (Å²) in [5.74, 6) is 0. The van der Waals surface area contributed by atoms with Crippen molar-refractivity contribution in [2.75, 3.05) is 0 Å². The molecule has 0 N–H and O–H groups in total. The molecule has 78 valence electrons. The van der Waals surface area contributed by atoms with Crippen molar-refractivity contribution in [1.82, 2.24) is 15.0 Å². The van der Waals surface area contributed by atoms with E-state index in [1.807, 2.05) is 0 Å². The lowest BCUT2D eigenvalue weighted by Crippen LogP contribution is -1.98. The Morgan fingerprint density at radius 1 is 1.20 bits per heavy atom. The lowest BCUT2D eigenvalue weighted by molar-refractivity contribution is 0.145. The highest BCUT2D eigenvalue weighted by atomic mass is 79.9. The van der Waals surface area contributed by atoms with Crippen LogP contribution < -0.4 is 0 Å². The third kappa shape index (κ3) is 2.20. The Hall–Kier alpha value is -1.30. The van der Waals surface area contributed by atoms with Gasteiger partial charge in [-0.1, -0.05) is 15.9 Å². The van der Waals surface area contributed by atoms with E-state index in [1.54, 1.807) is 24.3 Å². The summed E-state index contributed by atoms with van der Waals surface area (Å²) in [5, 5.41) is 7.40. The van der Waals surface area contributed by atoms with Gasteiger partial charge in [0.1, 0.15) is 5.69 Å². The van der Waals surface area contributed by atoms with E-state index < -0.39 is 6.43 Å². The summed E-state index contributed by atoms with van der Waals surface area (Å²) in [4.78, 5) is 1.17. The highest BCUT2D eigenvalue weighted by molar-refractivity contribution is 9.10. The number of halogens is 3. The third-order valence-electron chi connectivity index (χ3n) is 1.79. The molecule has 0 fully saturated rings. The van der Waals surface area contributed by atoms with Crippen molar-refractivity contribution in [3.63, 3.8) is 0 Å². The molecular formula is C9H6BrF2N3. The first-order chi connectivity index (χ1) is 7.16. The van der Waals surface area contributed by atoms with Gasteiger partial charge in [0.05, 0.1) is 11.9 Å². The molecule has 1 aromatic heterocycles. The maximum absolute atomic E-state index is 12.2. The van der Waals surface area contributed by atoms with Crippen molar-refractivity contribution in [2.24, 2.45) is 0 Å². The molecule has 0 bridgehead atoms. The molecule has 3 nitrogen and oxygen atoms in total. The summed E-state index contributed by atoms with van der Waals surface area (Å²) in [6.45, 7) is 0. The molecule has 2 rings (SSSR count). The van der Waals surface area contributed by atoms with E-state index in [2.05, 4.69) is 26.1 Å². The summed E-state index contributed by atoms with van der Waals surface area (Å²) >= 11 is 3.28. The zero-order valence-electron chi connectivity index (χ0n) is 7.44. The van der Waals surface area contributed by atoms with E-state index in [0.717, 1.165) is 10.7 Å². The van der Waals surface area contributed by atoms with E-state index in [-0.39, 0.29) is 5.69 Å². The van der Waals surface area contributed by atoms with Crippen LogP contribution in [0.1, 0.15) is 12.1 Å². The molecule has 0 atom stereocenters. The summed E-state index contributed by atoms with van der Waals surface area (Å²) in [6, 6.07) is 7.06. The number of nitrogens with zero attached hydrogens (tertiary/aromatic N) is 3. The molecule has 1 aromatic carbocycles. The van der Waals surface area contributed by atoms with Gasteiger partial charge in [-0.3, -0.25) is 0 Å². The Labute approximate surface area is 92.8 Å². The standard InChI is InChI=1S/C9H6BrF2N3/c10-6-1-3-7(4-2-6)15-13-5-8(14-15)9(11)12/h1-5,9H. The van der Waals surface area contributed by atoms with Crippen LogP contribution in [-0.4, -0.2) is 15.0 Å². The molecule has 0 amide bonds. The second-order valence-electron chi connectivity index (χ2n) is 2.84. The van der Waals surface area contributed by atoms with Gasteiger partial charge in [0, 0.05) is 4.47 Å². The van der Waals surface area contributed by atoms with Crippen LogP contribution in [0, 0.1) is 0 Å². The molecule has 0 aliphatic rings. The first kappa shape index (κ1) is 10.2. The van der Waals surface area contributed by atoms with Crippen molar-refractivity contribution in [3.05, 3.63) is 40.6 Å². The van der Waals surface area contributed by atoms with E-state index in [4.69, 9.17) is 0 Å². The topological polar surface area (TPSA) is 30.7 Å². The number of alkyl halides is 2. The van der Waals surface area contributed by atoms with E-state index in [1.165, 1.54) is 4.80 Å². The second-order valence-corrected chi connectivity index (χ2v) is 3.75. The lowest BCUT2D eigenvalue weighted by Gasteiger charge is -1.98. The summed E-state index contributed by atoms with van der Waals surface area (Å²) in [7, 11) is 0. The molecule has 6 heteroatoms. The van der Waals surface area contributed by atoms with Gasteiger partial charge in [0.15, 0.2) is 0 Å². The lowest BCUT2D eigenvalue weighted by atomic mass is 10.3. The van der Waals surface area contributed by atoms with Gasteiger partial charge >= 0.3 is 0 Å². The Morgan fingerprint density at radius 2 is 1.87 bits per heavy atom. The summed E-state index contributed by atoms with van der Waals surface area (Å²) in [6.07, 6.45) is -1.53. The minimum atomic E-state index is -2.59. The molecule has 0 aliphatic carbocycles. The molecular weight excluding hydrogens is 268 g/mol. The van der Waals surface area contributed by atoms with Crippen molar-refractivity contribution in [1.29, 1.82) is 0 Å². The molecule has 0 spiro atoms. The fraction of sp³-hybridized carbons (Fsp3) is 0.111. The number of rotatable bonds is 2. The van der Waals surface area contributed by atoms with Crippen LogP contribution in [0.5, 0.6) is 0 Å². The van der Waals surface area contributed by atoms with Crippen LogP contribution in [0.15, 0.2) is 34.9 Å². The molecule has 0 aliphatic heterocycles. The van der Waals surface area contributed by atoms with Crippen LogP contribution in [0.4, 0.5) is 8.78 Å². The summed E-state index contributed by atoms with van der Waals surface area (Å²) in [5.41, 5.74) is 0.322. The molecule has 1 heterocycles. The molecule has 15 heavy (non-hydrogen) atoms. The Kier molecular flexibility index (Phi) is 2.77. The van der Waals surface area contributed by atoms with Crippen LogP contribution in [0.3, 0.4) is 0 Å². The van der Waals surface area contributed by atoms with E-state index >= 15 is 0 Å². The van der Waals surface area contributed by atoms with Crippen LogP contribution >= 0.6 is 15.9 Å². The van der Waals surface area contributed by atoms with Crippen LogP contribution in [0.2, 0.25) is 0 Å². The molecule has 2 aromatic rings. The Bertz CT molecular complexity index is 453. The largest absolute Gasteiger partial charge is 0.283 e. The number of hydrogen-bond acceptors (Lipinski definition) is 2. The van der Waals surface area contributed by atoms with Gasteiger partial charge < -0.3 is 0 Å². The van der Waals surface area contributed by atoms with Crippen molar-refractivity contribution in [2.45, 2.75) is 6.43 Å². The van der Waals surface area contributed by atoms with Crippen LogP contribution in [-0.2, 0) is 0 Å². The number of benzene rings is 1. The fourth-order valence-corrected chi connectivity index (χ4v) is 1.34. The van der Waals surface area contributed by atoms with Crippen molar-refractivity contribution < 1.29 is 8.78 Å². The van der Waals surface area contributed by atoms with E-state index in [9.17, 15) is 8.78 Å². The molecule has 0 saturated carbocycles. The number of aromatic nitrogens is 3. The first-order valence-electron chi connectivity index (χ1n) is 4.13. The average Bonchev–Trinajstić information content (AvgIpc) is 2.68. The second kappa shape index (κ2) is 4.06. The zero-order chi connectivity index (χ0) is 10.8. The zero-order valence-corrected chi connectivity index (χ0v) is 9.03. The highest BCUT2D eigenvalue weighted by Gasteiger charge is 2.12. The Balaban J connectivity index is 2.33. The smallest absolute Gasteiger partial charge is 0.203 e. The van der Waals surface area contributed by atoms with Gasteiger partial charge in [-0.25, -0.2) is 8.78 Å². The summed E-state index contributed by atoms with van der Waals surface area (Å²) < 4.78 is 25.4. The van der Waals surface area contributed by atoms with Crippen molar-refractivity contribution in [3.8, 4) is 5.69 Å².